The molecule has 1 fully saturated rings. The van der Waals surface area contributed by atoms with Crippen LogP contribution in [0.2, 0.25) is 0 Å². The molecule has 0 saturated carbocycles. The van der Waals surface area contributed by atoms with Crippen LogP contribution in [0.15, 0.2) is 60.1 Å². The van der Waals surface area contributed by atoms with Crippen molar-refractivity contribution in [1.29, 1.82) is 0 Å². The lowest BCUT2D eigenvalue weighted by Gasteiger charge is -2.28. The number of likely N-dealkylation sites (tertiary alicyclic amines) is 1. The Bertz CT molecular complexity index is 1340. The van der Waals surface area contributed by atoms with E-state index in [4.69, 9.17) is 5.73 Å². The van der Waals surface area contributed by atoms with E-state index in [1.807, 2.05) is 31.4 Å². The van der Waals surface area contributed by atoms with Gasteiger partial charge in [-0.1, -0.05) is 19.6 Å². The number of nitrogens with zero attached hydrogens (tertiary/aromatic N) is 4. The van der Waals surface area contributed by atoms with Crippen molar-refractivity contribution in [3.8, 4) is 11.1 Å². The van der Waals surface area contributed by atoms with Gasteiger partial charge in [0.1, 0.15) is 28.8 Å². The molecule has 0 bridgehead atoms. The molecule has 0 unspecified atom stereocenters. The SMILES string of the molecule is C=C1CCN(CC)C/C1=C/C=C(\N)Nc1cc(-c2cc(F)c3nc(C)n(C(C)C)c3c2)c(F)cn1. The number of nitrogens with two attached hydrogens (primary N) is 1. The van der Waals surface area contributed by atoms with E-state index >= 15 is 0 Å². The summed E-state index contributed by atoms with van der Waals surface area (Å²) in [6.45, 7) is 14.9. The van der Waals surface area contributed by atoms with Crippen molar-refractivity contribution >= 4 is 16.9 Å². The van der Waals surface area contributed by atoms with Crippen molar-refractivity contribution in [2.75, 3.05) is 25.0 Å². The summed E-state index contributed by atoms with van der Waals surface area (Å²) in [5.41, 5.74) is 9.94. The van der Waals surface area contributed by atoms with E-state index in [0.717, 1.165) is 43.4 Å². The summed E-state index contributed by atoms with van der Waals surface area (Å²) in [6.07, 6.45) is 5.76. The minimum absolute atomic E-state index is 0.0814. The van der Waals surface area contributed by atoms with Gasteiger partial charge in [0.05, 0.1) is 11.7 Å². The van der Waals surface area contributed by atoms with Crippen molar-refractivity contribution in [2.24, 2.45) is 5.73 Å². The van der Waals surface area contributed by atoms with Gasteiger partial charge in [-0.15, -0.1) is 0 Å². The Kier molecular flexibility index (Phi) is 7.03. The third kappa shape index (κ3) is 5.12. The van der Waals surface area contributed by atoms with Crippen molar-refractivity contribution in [1.82, 2.24) is 19.4 Å². The Morgan fingerprint density at radius 1 is 1.26 bits per heavy atom. The predicted octanol–water partition coefficient (Wildman–Crippen LogP) is 5.69. The van der Waals surface area contributed by atoms with Crippen LogP contribution in [-0.4, -0.2) is 39.1 Å². The van der Waals surface area contributed by atoms with E-state index in [2.05, 4.69) is 33.7 Å². The van der Waals surface area contributed by atoms with E-state index in [0.29, 0.717) is 28.5 Å². The Morgan fingerprint density at radius 2 is 2.03 bits per heavy atom. The van der Waals surface area contributed by atoms with Gasteiger partial charge in [0, 0.05) is 24.7 Å². The fraction of sp³-hybridized carbons (Fsp3) is 0.333. The Labute approximate surface area is 204 Å². The summed E-state index contributed by atoms with van der Waals surface area (Å²) in [4.78, 5) is 10.8. The van der Waals surface area contributed by atoms with Crippen LogP contribution in [0, 0.1) is 18.6 Å². The molecular formula is C27H32F2N6. The van der Waals surface area contributed by atoms with Crippen LogP contribution in [0.25, 0.3) is 22.2 Å². The highest BCUT2D eigenvalue weighted by molar-refractivity contribution is 5.84. The summed E-state index contributed by atoms with van der Waals surface area (Å²) in [7, 11) is 0. The monoisotopic (exact) mass is 478 g/mol. The second-order valence-corrected chi connectivity index (χ2v) is 9.16. The van der Waals surface area contributed by atoms with Crippen molar-refractivity contribution in [3.63, 3.8) is 0 Å². The highest BCUT2D eigenvalue weighted by atomic mass is 19.1. The van der Waals surface area contributed by atoms with E-state index < -0.39 is 11.6 Å². The largest absolute Gasteiger partial charge is 0.385 e. The van der Waals surface area contributed by atoms with Crippen LogP contribution >= 0.6 is 0 Å². The maximum absolute atomic E-state index is 14.9. The Balaban J connectivity index is 1.64. The van der Waals surface area contributed by atoms with Crippen LogP contribution in [-0.2, 0) is 0 Å². The van der Waals surface area contributed by atoms with Crippen molar-refractivity contribution in [2.45, 2.75) is 40.2 Å². The zero-order chi connectivity index (χ0) is 25.3. The number of hydrogen-bond acceptors (Lipinski definition) is 5. The molecule has 3 heterocycles. The number of aryl methyl sites for hydroxylation is 1. The first kappa shape index (κ1) is 24.6. The maximum atomic E-state index is 14.9. The molecule has 1 aliphatic heterocycles. The summed E-state index contributed by atoms with van der Waals surface area (Å²) < 4.78 is 31.6. The van der Waals surface area contributed by atoms with Gasteiger partial charge >= 0.3 is 0 Å². The average Bonchev–Trinajstić information content (AvgIpc) is 3.16. The van der Waals surface area contributed by atoms with Crippen LogP contribution in [0.4, 0.5) is 14.6 Å². The molecule has 0 atom stereocenters. The zero-order valence-corrected chi connectivity index (χ0v) is 20.7. The second-order valence-electron chi connectivity index (χ2n) is 9.16. The highest BCUT2D eigenvalue weighted by Gasteiger charge is 2.18. The van der Waals surface area contributed by atoms with Crippen LogP contribution in [0.1, 0.15) is 39.1 Å². The summed E-state index contributed by atoms with van der Waals surface area (Å²) in [5, 5.41) is 3.01. The summed E-state index contributed by atoms with van der Waals surface area (Å²) in [6, 6.07) is 4.68. The smallest absolute Gasteiger partial charge is 0.151 e. The number of halogens is 2. The number of allylic oxidation sites excluding steroid dienone is 2. The molecule has 0 aliphatic carbocycles. The highest BCUT2D eigenvalue weighted by Crippen LogP contribution is 2.31. The first-order chi connectivity index (χ1) is 16.7. The predicted molar refractivity (Wildman–Crippen MR) is 138 cm³/mol. The minimum atomic E-state index is -0.551. The third-order valence-electron chi connectivity index (χ3n) is 6.37. The van der Waals surface area contributed by atoms with Gasteiger partial charge < -0.3 is 15.6 Å². The molecule has 1 saturated heterocycles. The van der Waals surface area contributed by atoms with Crippen molar-refractivity contribution < 1.29 is 8.78 Å². The average molecular weight is 479 g/mol. The summed E-state index contributed by atoms with van der Waals surface area (Å²) >= 11 is 0. The van der Waals surface area contributed by atoms with E-state index in [9.17, 15) is 8.78 Å². The number of hydrogen-bond donors (Lipinski definition) is 2. The Hall–Kier alpha value is -3.52. The third-order valence-corrected chi connectivity index (χ3v) is 6.37. The summed E-state index contributed by atoms with van der Waals surface area (Å²) in [5.74, 6) is 0.382. The topological polar surface area (TPSA) is 72.0 Å². The number of anilines is 1. The van der Waals surface area contributed by atoms with E-state index in [1.165, 1.54) is 12.1 Å². The molecule has 1 aromatic carbocycles. The molecule has 184 valence electrons. The molecule has 4 rings (SSSR count). The standard InChI is InChI=1S/C27H32F2N6/c1-6-34-10-9-17(4)19(15-34)7-8-25(30)33-26-13-21(23(29)14-31-26)20-11-22(28)27-24(12-20)35(16(2)3)18(5)32-27/h7-8,11-14,16H,4,6,9-10,15,30H2,1-3,5H3,(H,31,33)/b19-7-,25-8+. The van der Waals surface area contributed by atoms with Gasteiger partial charge in [-0.25, -0.2) is 18.7 Å². The number of aromatic nitrogens is 3. The molecule has 0 spiro atoms. The van der Waals surface area contributed by atoms with Crippen LogP contribution < -0.4 is 11.1 Å². The molecular weight excluding hydrogens is 446 g/mol. The zero-order valence-electron chi connectivity index (χ0n) is 20.7. The lowest BCUT2D eigenvalue weighted by molar-refractivity contribution is 0.300. The van der Waals surface area contributed by atoms with Gasteiger partial charge in [0.25, 0.3) is 0 Å². The number of fused-ring (bicyclic) bond motifs is 1. The molecule has 3 aromatic rings. The van der Waals surface area contributed by atoms with Crippen LogP contribution in [0.3, 0.4) is 0 Å². The van der Waals surface area contributed by atoms with Gasteiger partial charge in [-0.2, -0.15) is 0 Å². The maximum Gasteiger partial charge on any atom is 0.151 e. The number of rotatable bonds is 6. The number of benzene rings is 1. The fourth-order valence-electron chi connectivity index (χ4n) is 4.51. The molecule has 1 aliphatic rings. The van der Waals surface area contributed by atoms with E-state index in [1.54, 1.807) is 12.1 Å². The minimum Gasteiger partial charge on any atom is -0.385 e. The van der Waals surface area contributed by atoms with Gasteiger partial charge in [-0.3, -0.25) is 4.90 Å². The fourth-order valence-corrected chi connectivity index (χ4v) is 4.51. The number of nitrogens with one attached hydrogen (secondary N) is 1. The van der Waals surface area contributed by atoms with Crippen molar-refractivity contribution in [3.05, 3.63) is 77.6 Å². The first-order valence-electron chi connectivity index (χ1n) is 11.9. The molecule has 8 heteroatoms. The second kappa shape index (κ2) is 10.00. The molecule has 2 aromatic heterocycles. The Morgan fingerprint density at radius 3 is 2.74 bits per heavy atom. The van der Waals surface area contributed by atoms with E-state index in [-0.39, 0.29) is 17.1 Å². The normalized spacial score (nSPS) is 16.6. The quantitative estimate of drug-likeness (QED) is 0.477. The lowest BCUT2D eigenvalue weighted by Crippen LogP contribution is -2.31. The number of likely N-dealkylation sites (N-methyl/N-ethyl adjacent to an activating group) is 1. The molecule has 6 nitrogen and oxygen atoms in total. The first-order valence-corrected chi connectivity index (χ1v) is 11.9. The number of piperidine rings is 1. The molecule has 35 heavy (non-hydrogen) atoms. The van der Waals surface area contributed by atoms with Gasteiger partial charge in [0.15, 0.2) is 5.82 Å². The molecule has 3 N–H and O–H groups in total. The molecule has 0 radical (unpaired) electrons. The molecule has 0 amide bonds. The van der Waals surface area contributed by atoms with Crippen LogP contribution in [0.5, 0.6) is 0 Å². The lowest BCUT2D eigenvalue weighted by atomic mass is 9.99. The van der Waals surface area contributed by atoms with Gasteiger partial charge in [-0.05, 0) is 74.7 Å². The van der Waals surface area contributed by atoms with Gasteiger partial charge in [0.2, 0.25) is 0 Å². The number of pyridine rings is 1. The number of imidazole rings is 1.